The molecule has 0 fully saturated rings. The zero-order valence-corrected chi connectivity index (χ0v) is 16.9. The van der Waals surface area contributed by atoms with E-state index in [1.165, 1.54) is 29.8 Å². The molecule has 0 saturated heterocycles. The summed E-state index contributed by atoms with van der Waals surface area (Å²) in [5.41, 5.74) is 4.11. The Balaban J connectivity index is 1.50. The fourth-order valence-corrected chi connectivity index (χ4v) is 4.21. The number of carbonyl (C=O) groups is 2. The Bertz CT molecular complexity index is 1140. The summed E-state index contributed by atoms with van der Waals surface area (Å²) in [5.74, 6) is -0.566. The lowest BCUT2D eigenvalue weighted by Gasteiger charge is -2.14. The lowest BCUT2D eigenvalue weighted by atomic mass is 10.1. The molecule has 0 bridgehead atoms. The molecule has 1 atom stereocenters. The van der Waals surface area contributed by atoms with Crippen molar-refractivity contribution in [3.8, 4) is 0 Å². The number of thiazole rings is 2. The van der Waals surface area contributed by atoms with Crippen molar-refractivity contribution < 1.29 is 14.3 Å². The van der Waals surface area contributed by atoms with Gasteiger partial charge in [0.15, 0.2) is 11.2 Å². The van der Waals surface area contributed by atoms with Crippen LogP contribution in [0.25, 0.3) is 10.2 Å². The Morgan fingerprint density at radius 2 is 1.93 bits per heavy atom. The number of rotatable bonds is 6. The summed E-state index contributed by atoms with van der Waals surface area (Å²) < 4.78 is 6.19. The molecule has 2 heterocycles. The minimum absolute atomic E-state index is 0.269. The van der Waals surface area contributed by atoms with Crippen molar-refractivity contribution in [3.63, 3.8) is 0 Å². The highest BCUT2D eigenvalue weighted by molar-refractivity contribution is 7.22. The van der Waals surface area contributed by atoms with Gasteiger partial charge in [-0.05, 0) is 23.8 Å². The summed E-state index contributed by atoms with van der Waals surface area (Å²) in [6.45, 7) is 0. The predicted molar refractivity (Wildman–Crippen MR) is 115 cm³/mol. The average Bonchev–Trinajstić information content (AvgIpc) is 3.38. The van der Waals surface area contributed by atoms with Crippen LogP contribution in [0, 0.1) is 0 Å². The van der Waals surface area contributed by atoms with Gasteiger partial charge in [0.2, 0.25) is 0 Å². The monoisotopic (exact) mass is 424 g/mol. The number of ether oxygens (including phenoxy) is 1. The van der Waals surface area contributed by atoms with Gasteiger partial charge >= 0.3 is 0 Å². The maximum Gasteiger partial charge on any atom is 0.275 e. The number of hydrogen-bond donors (Lipinski definition) is 2. The Labute approximate surface area is 174 Å². The SMILES string of the molecule is COC(C(=O)Nc1nc2ccc(NC(=O)c3cscn3)cc2s1)c1ccccc1. The zero-order chi connectivity index (χ0) is 20.2. The summed E-state index contributed by atoms with van der Waals surface area (Å²) in [5, 5.41) is 7.77. The van der Waals surface area contributed by atoms with Crippen LogP contribution in [-0.2, 0) is 9.53 Å². The molecule has 2 aromatic heterocycles. The summed E-state index contributed by atoms with van der Waals surface area (Å²) in [6, 6.07) is 14.6. The van der Waals surface area contributed by atoms with E-state index in [-0.39, 0.29) is 11.8 Å². The molecular formula is C20H16N4O3S2. The number of methoxy groups -OCH3 is 1. The smallest absolute Gasteiger partial charge is 0.275 e. The average molecular weight is 425 g/mol. The molecule has 146 valence electrons. The molecule has 0 spiro atoms. The molecular weight excluding hydrogens is 408 g/mol. The number of amides is 2. The van der Waals surface area contributed by atoms with E-state index in [4.69, 9.17) is 4.74 Å². The van der Waals surface area contributed by atoms with Crippen molar-refractivity contribution in [2.45, 2.75) is 6.10 Å². The molecule has 7 nitrogen and oxygen atoms in total. The van der Waals surface area contributed by atoms with Crippen LogP contribution in [0.4, 0.5) is 10.8 Å². The number of carbonyl (C=O) groups excluding carboxylic acids is 2. The van der Waals surface area contributed by atoms with E-state index >= 15 is 0 Å². The van der Waals surface area contributed by atoms with Crippen molar-refractivity contribution in [1.82, 2.24) is 9.97 Å². The van der Waals surface area contributed by atoms with Crippen LogP contribution >= 0.6 is 22.7 Å². The van der Waals surface area contributed by atoms with E-state index in [1.807, 2.05) is 36.4 Å². The first kappa shape index (κ1) is 19.2. The van der Waals surface area contributed by atoms with Crippen molar-refractivity contribution in [1.29, 1.82) is 0 Å². The Hall–Kier alpha value is -3.14. The Kier molecular flexibility index (Phi) is 5.61. The highest BCUT2D eigenvalue weighted by Crippen LogP contribution is 2.29. The van der Waals surface area contributed by atoms with Gasteiger partial charge in [-0.15, -0.1) is 11.3 Å². The minimum Gasteiger partial charge on any atom is -0.367 e. The number of nitrogens with zero attached hydrogens (tertiary/aromatic N) is 2. The van der Waals surface area contributed by atoms with Gasteiger partial charge in [0.05, 0.1) is 15.7 Å². The van der Waals surface area contributed by atoms with Gasteiger partial charge in [-0.1, -0.05) is 41.7 Å². The standard InChI is InChI=1S/C20H16N4O3S2/c1-27-17(12-5-3-2-4-6-12)19(26)24-20-23-14-8-7-13(9-16(14)29-20)22-18(25)15-10-28-11-21-15/h2-11,17H,1H3,(H,22,25)(H,23,24,26). The van der Waals surface area contributed by atoms with Gasteiger partial charge in [-0.25, -0.2) is 9.97 Å². The van der Waals surface area contributed by atoms with E-state index in [0.29, 0.717) is 16.5 Å². The fourth-order valence-electron chi connectivity index (χ4n) is 2.77. The van der Waals surface area contributed by atoms with E-state index in [2.05, 4.69) is 20.6 Å². The van der Waals surface area contributed by atoms with Crippen LogP contribution < -0.4 is 10.6 Å². The van der Waals surface area contributed by atoms with Gasteiger partial charge in [0.1, 0.15) is 5.69 Å². The first-order valence-corrected chi connectivity index (χ1v) is 10.4. The number of aromatic nitrogens is 2. The summed E-state index contributed by atoms with van der Waals surface area (Å²) in [7, 11) is 1.49. The lowest BCUT2D eigenvalue weighted by molar-refractivity contribution is -0.126. The van der Waals surface area contributed by atoms with E-state index in [9.17, 15) is 9.59 Å². The highest BCUT2D eigenvalue weighted by Gasteiger charge is 2.21. The molecule has 9 heteroatoms. The summed E-state index contributed by atoms with van der Waals surface area (Å²) in [4.78, 5) is 33.2. The first-order valence-electron chi connectivity index (χ1n) is 8.63. The first-order chi connectivity index (χ1) is 14.1. The lowest BCUT2D eigenvalue weighted by Crippen LogP contribution is -2.22. The third-order valence-corrected chi connectivity index (χ3v) is 5.64. The van der Waals surface area contributed by atoms with Crippen LogP contribution in [-0.4, -0.2) is 28.9 Å². The van der Waals surface area contributed by atoms with Gasteiger partial charge in [-0.2, -0.15) is 0 Å². The van der Waals surface area contributed by atoms with Gasteiger partial charge in [0, 0.05) is 18.2 Å². The third kappa shape index (κ3) is 4.32. The molecule has 1 unspecified atom stereocenters. The van der Waals surface area contributed by atoms with Crippen molar-refractivity contribution in [2.75, 3.05) is 17.7 Å². The van der Waals surface area contributed by atoms with Gasteiger partial charge < -0.3 is 10.1 Å². The number of benzene rings is 2. The molecule has 0 aliphatic carbocycles. The molecule has 2 aromatic carbocycles. The minimum atomic E-state index is -0.726. The van der Waals surface area contributed by atoms with Crippen molar-refractivity contribution in [2.24, 2.45) is 0 Å². The quantitative estimate of drug-likeness (QED) is 0.480. The molecule has 0 aliphatic rings. The number of nitrogens with one attached hydrogen (secondary N) is 2. The maximum absolute atomic E-state index is 12.6. The molecule has 2 amide bonds. The largest absolute Gasteiger partial charge is 0.367 e. The molecule has 0 saturated carbocycles. The highest BCUT2D eigenvalue weighted by atomic mass is 32.1. The van der Waals surface area contributed by atoms with E-state index < -0.39 is 6.10 Å². The summed E-state index contributed by atoms with van der Waals surface area (Å²) in [6.07, 6.45) is -0.726. The normalized spacial score (nSPS) is 11.9. The zero-order valence-electron chi connectivity index (χ0n) is 15.3. The molecule has 0 radical (unpaired) electrons. The topological polar surface area (TPSA) is 93.2 Å². The van der Waals surface area contributed by atoms with Crippen LogP contribution in [0.15, 0.2) is 59.4 Å². The molecule has 2 N–H and O–H groups in total. The fraction of sp³-hybridized carbons (Fsp3) is 0.100. The predicted octanol–water partition coefficient (Wildman–Crippen LogP) is 4.33. The van der Waals surface area contributed by atoms with E-state index in [0.717, 1.165) is 15.8 Å². The van der Waals surface area contributed by atoms with Crippen LogP contribution in [0.1, 0.15) is 22.2 Å². The molecule has 4 rings (SSSR count). The molecule has 29 heavy (non-hydrogen) atoms. The second-order valence-corrected chi connectivity index (χ2v) is 7.79. The molecule has 0 aliphatic heterocycles. The Morgan fingerprint density at radius 1 is 1.10 bits per heavy atom. The van der Waals surface area contributed by atoms with Crippen LogP contribution in [0.3, 0.4) is 0 Å². The second-order valence-electron chi connectivity index (χ2n) is 6.05. The number of hydrogen-bond acceptors (Lipinski definition) is 7. The van der Waals surface area contributed by atoms with E-state index in [1.54, 1.807) is 23.0 Å². The maximum atomic E-state index is 12.6. The van der Waals surface area contributed by atoms with Crippen molar-refractivity contribution in [3.05, 3.63) is 70.7 Å². The summed E-state index contributed by atoms with van der Waals surface area (Å²) >= 11 is 2.69. The van der Waals surface area contributed by atoms with Gasteiger partial charge in [0.25, 0.3) is 11.8 Å². The second kappa shape index (κ2) is 8.48. The number of anilines is 2. The van der Waals surface area contributed by atoms with Crippen LogP contribution in [0.5, 0.6) is 0 Å². The molecule has 4 aromatic rings. The van der Waals surface area contributed by atoms with Crippen molar-refractivity contribution >= 4 is 55.5 Å². The number of fused-ring (bicyclic) bond motifs is 1. The van der Waals surface area contributed by atoms with Crippen LogP contribution in [0.2, 0.25) is 0 Å². The Morgan fingerprint density at radius 3 is 2.66 bits per heavy atom. The third-order valence-electron chi connectivity index (χ3n) is 4.12. The van der Waals surface area contributed by atoms with Gasteiger partial charge in [-0.3, -0.25) is 14.9 Å².